The average Bonchev–Trinajstić information content (AvgIpc) is 2.97. The number of phenols is 1. The lowest BCUT2D eigenvalue weighted by Gasteiger charge is -2.40. The molecule has 10 heteroatoms. The van der Waals surface area contributed by atoms with Crippen molar-refractivity contribution in [2.45, 2.75) is 76.9 Å². The van der Waals surface area contributed by atoms with E-state index < -0.39 is 8.32 Å². The highest BCUT2D eigenvalue weighted by Crippen LogP contribution is 2.41. The van der Waals surface area contributed by atoms with Gasteiger partial charge in [-0.2, -0.15) is 0 Å². The lowest BCUT2D eigenvalue weighted by Crippen LogP contribution is -2.47. The number of rotatable bonds is 12. The Morgan fingerprint density at radius 1 is 1.12 bits per heavy atom. The number of methoxy groups -OCH3 is 1. The van der Waals surface area contributed by atoms with E-state index in [1.165, 1.54) is 6.07 Å². The van der Waals surface area contributed by atoms with Crippen molar-refractivity contribution in [2.24, 2.45) is 0 Å². The third-order valence-electron chi connectivity index (χ3n) is 9.00. The van der Waals surface area contributed by atoms with Gasteiger partial charge in [-0.25, -0.2) is 0 Å². The first kappa shape index (κ1) is 32.7. The highest BCUT2D eigenvalue weighted by molar-refractivity contribution is 6.74. The number of nitrogens with zero attached hydrogens (tertiary/aromatic N) is 1. The normalized spacial score (nSPS) is 15.9. The number of benzene rings is 2. The monoisotopic (exact) mass is 608 g/mol. The van der Waals surface area contributed by atoms with Crippen molar-refractivity contribution in [2.75, 3.05) is 33.3 Å². The summed E-state index contributed by atoms with van der Waals surface area (Å²) in [6, 6.07) is 14.9. The van der Waals surface area contributed by atoms with Crippen molar-refractivity contribution in [3.8, 4) is 11.5 Å². The molecular weight excluding hydrogens is 560 g/mol. The van der Waals surface area contributed by atoms with E-state index in [2.05, 4.69) is 54.4 Å². The van der Waals surface area contributed by atoms with Crippen molar-refractivity contribution in [3.63, 3.8) is 0 Å². The van der Waals surface area contributed by atoms with Crippen LogP contribution in [0.2, 0.25) is 18.1 Å². The number of phenolic OH excluding ortho intramolecular Hbond substituents is 1. The van der Waals surface area contributed by atoms with Crippen molar-refractivity contribution in [1.29, 1.82) is 0 Å². The number of aromatic nitrogens is 1. The molecule has 0 saturated carbocycles. The molecule has 4 N–H and O–H groups in total. The van der Waals surface area contributed by atoms with Crippen LogP contribution in [-0.2, 0) is 15.8 Å². The second-order valence-electron chi connectivity index (χ2n) is 13.0. The highest BCUT2D eigenvalue weighted by Gasteiger charge is 2.40. The number of pyridine rings is 1. The van der Waals surface area contributed by atoms with E-state index in [0.717, 1.165) is 54.7 Å². The predicted molar refractivity (Wildman–Crippen MR) is 174 cm³/mol. The summed E-state index contributed by atoms with van der Waals surface area (Å²) < 4.78 is 12.3. The number of para-hydroxylation sites is 1. The van der Waals surface area contributed by atoms with Crippen LogP contribution in [0.1, 0.15) is 57.3 Å². The van der Waals surface area contributed by atoms with Crippen molar-refractivity contribution in [1.82, 2.24) is 20.5 Å². The number of aromatic amines is 1. The van der Waals surface area contributed by atoms with Crippen LogP contribution >= 0.6 is 0 Å². The molecule has 9 nitrogen and oxygen atoms in total. The molecule has 0 spiro atoms. The minimum atomic E-state index is -2.14. The van der Waals surface area contributed by atoms with E-state index in [9.17, 15) is 14.7 Å². The summed E-state index contributed by atoms with van der Waals surface area (Å²) in [5.41, 5.74) is 2.11. The smallest absolute Gasteiger partial charge is 0.248 e. The highest BCUT2D eigenvalue weighted by atomic mass is 28.4. The van der Waals surface area contributed by atoms with Crippen LogP contribution in [0.4, 0.5) is 0 Å². The number of fused-ring (bicyclic) bond motifs is 1. The zero-order valence-corrected chi connectivity index (χ0v) is 27.5. The number of hydrogen-bond acceptors (Lipinski definition) is 7. The van der Waals surface area contributed by atoms with Crippen LogP contribution in [0.15, 0.2) is 53.3 Å². The Kier molecular flexibility index (Phi) is 10.7. The molecule has 1 aliphatic heterocycles. The van der Waals surface area contributed by atoms with Gasteiger partial charge in [0.1, 0.15) is 11.5 Å². The quantitative estimate of drug-likeness (QED) is 0.212. The maximum Gasteiger partial charge on any atom is 0.248 e. The van der Waals surface area contributed by atoms with Gasteiger partial charge in [0.05, 0.1) is 18.7 Å². The molecule has 1 saturated heterocycles. The van der Waals surface area contributed by atoms with Crippen LogP contribution in [0.25, 0.3) is 10.9 Å². The van der Waals surface area contributed by atoms with E-state index in [0.29, 0.717) is 31.1 Å². The summed E-state index contributed by atoms with van der Waals surface area (Å²) in [5.74, 6) is 0.874. The first-order valence-corrected chi connectivity index (χ1v) is 18.2. The van der Waals surface area contributed by atoms with Crippen molar-refractivity contribution in [3.05, 3.63) is 70.0 Å². The molecule has 2 heterocycles. The van der Waals surface area contributed by atoms with Crippen LogP contribution < -0.4 is 20.9 Å². The summed E-state index contributed by atoms with van der Waals surface area (Å²) in [4.78, 5) is 29.7. The molecule has 234 valence electrons. The predicted octanol–water partition coefficient (Wildman–Crippen LogP) is 5.07. The van der Waals surface area contributed by atoms with E-state index >= 15 is 0 Å². The Bertz CT molecular complexity index is 1440. The summed E-state index contributed by atoms with van der Waals surface area (Å²) in [5, 5.41) is 18.1. The zero-order chi connectivity index (χ0) is 31.2. The van der Waals surface area contributed by atoms with Crippen molar-refractivity contribution >= 4 is 25.1 Å². The maximum absolute atomic E-state index is 12.5. The number of nitrogens with one attached hydrogen (secondary N) is 3. The Hall–Kier alpha value is -3.18. The second-order valence-corrected chi connectivity index (χ2v) is 17.8. The van der Waals surface area contributed by atoms with Crippen LogP contribution in [0.5, 0.6) is 11.5 Å². The number of aromatic hydroxyl groups is 1. The van der Waals surface area contributed by atoms with E-state index in [1.54, 1.807) is 19.2 Å². The number of ether oxygens (including phenoxy) is 1. The molecule has 1 aromatic heterocycles. The molecule has 0 bridgehead atoms. The standard InChI is InChI=1S/C33H48N4O5Si/c1-33(2,3)43(5,6)42-29(25-11-13-27(38)32-26(25)12-14-31(40)36-32)22-34-24-15-18-37(19-16-24)20-17-30(39)35-21-23-9-7-8-10-28(23)41-4/h7-14,24,29,34,38H,15-22H2,1-6H3,(H,35,39)(H,36,40)/t29-/m0/s1. The Morgan fingerprint density at radius 3 is 2.53 bits per heavy atom. The fraction of sp³-hybridized carbons (Fsp3) is 0.515. The summed E-state index contributed by atoms with van der Waals surface area (Å²) in [6.07, 6.45) is 2.20. The fourth-order valence-electron chi connectivity index (χ4n) is 5.31. The van der Waals surface area contributed by atoms with Crippen molar-refractivity contribution < 1.29 is 19.1 Å². The molecule has 4 rings (SSSR count). The van der Waals surface area contributed by atoms with Gasteiger partial charge in [-0.1, -0.05) is 45.0 Å². The molecule has 0 aliphatic carbocycles. The summed E-state index contributed by atoms with van der Waals surface area (Å²) in [7, 11) is -0.506. The summed E-state index contributed by atoms with van der Waals surface area (Å²) in [6.45, 7) is 14.8. The Morgan fingerprint density at radius 2 is 1.84 bits per heavy atom. The molecule has 0 radical (unpaired) electrons. The van der Waals surface area contributed by atoms with E-state index in [1.807, 2.05) is 30.3 Å². The molecular formula is C33H48N4O5Si. The van der Waals surface area contributed by atoms with Gasteiger partial charge < -0.3 is 34.8 Å². The average molecular weight is 609 g/mol. The Balaban J connectivity index is 1.33. The zero-order valence-electron chi connectivity index (χ0n) is 26.5. The van der Waals surface area contributed by atoms with Crippen LogP contribution in [-0.4, -0.2) is 68.5 Å². The first-order valence-electron chi connectivity index (χ1n) is 15.2. The van der Waals surface area contributed by atoms with Gasteiger partial charge in [0.2, 0.25) is 11.5 Å². The molecule has 3 aromatic rings. The number of hydrogen-bond donors (Lipinski definition) is 4. The fourth-order valence-corrected chi connectivity index (χ4v) is 6.59. The molecule has 0 unspecified atom stereocenters. The van der Waals surface area contributed by atoms with Gasteiger partial charge in [-0.3, -0.25) is 9.59 Å². The number of likely N-dealkylation sites (tertiary alicyclic amines) is 1. The van der Waals surface area contributed by atoms with Gasteiger partial charge in [0.15, 0.2) is 8.32 Å². The first-order chi connectivity index (χ1) is 20.4. The minimum Gasteiger partial charge on any atom is -0.506 e. The van der Waals surface area contributed by atoms with Gasteiger partial charge in [-0.15, -0.1) is 0 Å². The molecule has 2 aromatic carbocycles. The largest absolute Gasteiger partial charge is 0.506 e. The van der Waals surface area contributed by atoms with E-state index in [-0.39, 0.29) is 28.4 Å². The maximum atomic E-state index is 12.5. The molecule has 1 atom stereocenters. The van der Waals surface area contributed by atoms with E-state index in [4.69, 9.17) is 9.16 Å². The summed E-state index contributed by atoms with van der Waals surface area (Å²) >= 11 is 0. The van der Waals surface area contributed by atoms with Crippen LogP contribution in [0, 0.1) is 0 Å². The number of piperidine rings is 1. The van der Waals surface area contributed by atoms with Gasteiger partial charge >= 0.3 is 0 Å². The SMILES string of the molecule is COc1ccccc1CNC(=O)CCN1CCC(NC[C@H](O[Si](C)(C)C(C)(C)C)c2ccc(O)c3[nH]c(=O)ccc23)CC1. The number of amides is 1. The number of carbonyl (C=O) groups is 1. The molecule has 1 amide bonds. The van der Waals surface area contributed by atoms with Gasteiger partial charge in [0.25, 0.3) is 0 Å². The molecule has 1 aliphatic rings. The third kappa shape index (κ3) is 8.47. The number of H-pyrrole nitrogens is 1. The number of carbonyl (C=O) groups excluding carboxylic acids is 1. The lowest BCUT2D eigenvalue weighted by molar-refractivity contribution is -0.121. The van der Waals surface area contributed by atoms with Crippen LogP contribution in [0.3, 0.4) is 0 Å². The third-order valence-corrected chi connectivity index (χ3v) is 13.5. The van der Waals surface area contributed by atoms with Gasteiger partial charge in [-0.05, 0) is 67.8 Å². The Labute approximate surface area is 256 Å². The second kappa shape index (κ2) is 14.1. The molecule has 43 heavy (non-hydrogen) atoms. The minimum absolute atomic E-state index is 0.0249. The topological polar surface area (TPSA) is 116 Å². The van der Waals surface area contributed by atoms with Gasteiger partial charge in [0, 0.05) is 49.1 Å². The molecule has 1 fully saturated rings. The lowest BCUT2D eigenvalue weighted by atomic mass is 10.0.